The lowest BCUT2D eigenvalue weighted by Gasteiger charge is -2.06. The Morgan fingerprint density at radius 2 is 2.12 bits per heavy atom. The summed E-state index contributed by atoms with van der Waals surface area (Å²) in [5, 5.41) is 2.61. The fourth-order valence-corrected chi connectivity index (χ4v) is 1.78. The van der Waals surface area contributed by atoms with Crippen LogP contribution >= 0.6 is 24.0 Å². The molecule has 0 aliphatic carbocycles. The van der Waals surface area contributed by atoms with Crippen molar-refractivity contribution in [2.75, 3.05) is 6.61 Å². The highest BCUT2D eigenvalue weighted by Crippen LogP contribution is 2.07. The maximum atomic E-state index is 11.1. The van der Waals surface area contributed by atoms with Crippen molar-refractivity contribution in [3.8, 4) is 0 Å². The molecule has 0 aliphatic rings. The van der Waals surface area contributed by atoms with Gasteiger partial charge in [0.25, 0.3) is 0 Å². The van der Waals surface area contributed by atoms with Gasteiger partial charge in [-0.2, -0.15) is 0 Å². The fraction of sp³-hybridized carbons (Fsp3) is 0.273. The number of hydrogen-bond donors (Lipinski definition) is 1. The Morgan fingerprint density at radius 3 is 2.75 bits per heavy atom. The molecule has 0 spiro atoms. The van der Waals surface area contributed by atoms with Gasteiger partial charge in [0.2, 0.25) is 0 Å². The summed E-state index contributed by atoms with van der Waals surface area (Å²) in [4.78, 5) is 11.1. The smallest absolute Gasteiger partial charge is 0.374 e. The summed E-state index contributed by atoms with van der Waals surface area (Å²) in [6.07, 6.45) is 0. The SMILES string of the molecule is CCOC(=O)SC(=S)NCc1ccccc1. The first-order chi connectivity index (χ1) is 7.72. The van der Waals surface area contributed by atoms with Crippen molar-refractivity contribution in [3.05, 3.63) is 35.9 Å². The molecule has 0 saturated carbocycles. The van der Waals surface area contributed by atoms with Gasteiger partial charge in [0.15, 0.2) is 0 Å². The second-order valence-electron chi connectivity index (χ2n) is 2.91. The highest BCUT2D eigenvalue weighted by Gasteiger charge is 2.06. The van der Waals surface area contributed by atoms with Gasteiger partial charge in [-0.1, -0.05) is 42.5 Å². The maximum absolute atomic E-state index is 11.1. The Hall–Kier alpha value is -1.07. The molecular formula is C11H13NO2S2. The van der Waals surface area contributed by atoms with Crippen molar-refractivity contribution >= 4 is 33.6 Å². The molecule has 0 atom stereocenters. The number of rotatable bonds is 3. The van der Waals surface area contributed by atoms with E-state index in [2.05, 4.69) is 5.32 Å². The number of carbonyl (C=O) groups is 1. The number of carbonyl (C=O) groups excluding carboxylic acids is 1. The second-order valence-corrected chi connectivity index (χ2v) is 4.52. The van der Waals surface area contributed by atoms with E-state index >= 15 is 0 Å². The van der Waals surface area contributed by atoms with Crippen LogP contribution < -0.4 is 5.32 Å². The van der Waals surface area contributed by atoms with Crippen LogP contribution in [0.15, 0.2) is 30.3 Å². The molecule has 0 radical (unpaired) electrons. The number of benzene rings is 1. The Morgan fingerprint density at radius 1 is 1.44 bits per heavy atom. The Kier molecular flexibility index (Phi) is 5.88. The van der Waals surface area contributed by atoms with E-state index in [4.69, 9.17) is 17.0 Å². The third-order valence-corrected chi connectivity index (χ3v) is 2.73. The summed E-state index contributed by atoms with van der Waals surface area (Å²) in [6.45, 7) is 2.75. The zero-order valence-corrected chi connectivity index (χ0v) is 10.6. The second kappa shape index (κ2) is 7.24. The van der Waals surface area contributed by atoms with E-state index in [1.807, 2.05) is 30.3 Å². The molecule has 0 heterocycles. The number of thioether (sulfide) groups is 1. The number of hydrogen-bond acceptors (Lipinski definition) is 4. The van der Waals surface area contributed by atoms with Crippen molar-refractivity contribution in [1.29, 1.82) is 0 Å². The highest BCUT2D eigenvalue weighted by molar-refractivity contribution is 8.32. The molecule has 1 aromatic carbocycles. The van der Waals surface area contributed by atoms with Gasteiger partial charge in [-0.25, -0.2) is 4.79 Å². The minimum absolute atomic E-state index is 0.368. The van der Waals surface area contributed by atoms with Crippen LogP contribution in [0.2, 0.25) is 0 Å². The van der Waals surface area contributed by atoms with Gasteiger partial charge >= 0.3 is 5.30 Å². The summed E-state index contributed by atoms with van der Waals surface area (Å²) < 4.78 is 5.19. The molecule has 1 N–H and O–H groups in total. The van der Waals surface area contributed by atoms with Gasteiger partial charge in [0, 0.05) is 18.3 Å². The van der Waals surface area contributed by atoms with Crippen molar-refractivity contribution in [1.82, 2.24) is 5.32 Å². The Labute approximate surface area is 105 Å². The summed E-state index contributed by atoms with van der Waals surface area (Å²) >= 11 is 5.90. The van der Waals surface area contributed by atoms with E-state index in [-0.39, 0.29) is 5.30 Å². The molecule has 1 rings (SSSR count). The van der Waals surface area contributed by atoms with Crippen LogP contribution in [0.3, 0.4) is 0 Å². The van der Waals surface area contributed by atoms with E-state index in [1.165, 1.54) is 0 Å². The Balaban J connectivity index is 2.28. The predicted octanol–water partition coefficient (Wildman–Crippen LogP) is 2.95. The molecule has 3 nitrogen and oxygen atoms in total. The zero-order chi connectivity index (χ0) is 11.8. The fourth-order valence-electron chi connectivity index (χ4n) is 1.03. The van der Waals surface area contributed by atoms with Crippen LogP contribution in [0.25, 0.3) is 0 Å². The van der Waals surface area contributed by atoms with Crippen molar-refractivity contribution in [2.24, 2.45) is 0 Å². The molecule has 0 aliphatic heterocycles. The van der Waals surface area contributed by atoms with Gasteiger partial charge in [0.05, 0.1) is 6.61 Å². The molecule has 86 valence electrons. The van der Waals surface area contributed by atoms with E-state index in [9.17, 15) is 4.79 Å². The van der Waals surface area contributed by atoms with Crippen molar-refractivity contribution in [2.45, 2.75) is 13.5 Å². The first-order valence-corrected chi connectivity index (χ1v) is 6.11. The average molecular weight is 255 g/mol. The van der Waals surface area contributed by atoms with Crippen LogP contribution in [0.5, 0.6) is 0 Å². The third kappa shape index (κ3) is 5.14. The molecule has 0 amide bonds. The standard InChI is InChI=1S/C11H13NO2S2/c1-2-14-11(13)16-10(15)12-8-9-6-4-3-5-7-9/h3-7H,2,8H2,1H3,(H,12,15). The molecule has 0 fully saturated rings. The van der Waals surface area contributed by atoms with Gasteiger partial charge < -0.3 is 10.1 Å². The van der Waals surface area contributed by atoms with E-state index in [0.717, 1.165) is 17.3 Å². The van der Waals surface area contributed by atoms with Gasteiger partial charge in [-0.05, 0) is 12.5 Å². The zero-order valence-electron chi connectivity index (χ0n) is 8.93. The lowest BCUT2D eigenvalue weighted by Crippen LogP contribution is -2.19. The van der Waals surface area contributed by atoms with Gasteiger partial charge in [0.1, 0.15) is 4.32 Å². The third-order valence-electron chi connectivity index (χ3n) is 1.72. The lowest BCUT2D eigenvalue weighted by molar-refractivity contribution is 0.182. The van der Waals surface area contributed by atoms with Gasteiger partial charge in [-0.15, -0.1) is 0 Å². The molecule has 1 aromatic rings. The van der Waals surface area contributed by atoms with Crippen LogP contribution in [-0.4, -0.2) is 16.2 Å². The van der Waals surface area contributed by atoms with Crippen LogP contribution in [0.4, 0.5) is 4.79 Å². The van der Waals surface area contributed by atoms with E-state index < -0.39 is 0 Å². The lowest BCUT2D eigenvalue weighted by atomic mass is 10.2. The quantitative estimate of drug-likeness (QED) is 0.664. The maximum Gasteiger partial charge on any atom is 0.374 e. The molecule has 0 aromatic heterocycles. The van der Waals surface area contributed by atoms with Crippen molar-refractivity contribution < 1.29 is 9.53 Å². The molecule has 0 saturated heterocycles. The van der Waals surface area contributed by atoms with Gasteiger partial charge in [-0.3, -0.25) is 0 Å². The topological polar surface area (TPSA) is 38.3 Å². The Bertz CT molecular complexity index is 354. The molecule has 5 heteroatoms. The summed E-state index contributed by atoms with van der Waals surface area (Å²) in [7, 11) is 0. The predicted molar refractivity (Wildman–Crippen MR) is 70.5 cm³/mol. The molecule has 0 unspecified atom stereocenters. The summed E-state index contributed by atoms with van der Waals surface area (Å²) in [5.41, 5.74) is 1.12. The normalized spacial score (nSPS) is 9.56. The number of ether oxygens (including phenoxy) is 1. The monoisotopic (exact) mass is 255 g/mol. The van der Waals surface area contributed by atoms with Crippen LogP contribution in [0, 0.1) is 0 Å². The van der Waals surface area contributed by atoms with Crippen LogP contribution in [0.1, 0.15) is 12.5 Å². The van der Waals surface area contributed by atoms with Crippen LogP contribution in [-0.2, 0) is 11.3 Å². The van der Waals surface area contributed by atoms with E-state index in [0.29, 0.717) is 17.5 Å². The molecular weight excluding hydrogens is 242 g/mol. The molecule has 16 heavy (non-hydrogen) atoms. The average Bonchev–Trinajstić information content (AvgIpc) is 2.28. The highest BCUT2D eigenvalue weighted by atomic mass is 32.2. The minimum atomic E-state index is -0.368. The first-order valence-electron chi connectivity index (χ1n) is 4.88. The van der Waals surface area contributed by atoms with Crippen molar-refractivity contribution in [3.63, 3.8) is 0 Å². The molecule has 0 bridgehead atoms. The number of nitrogens with one attached hydrogen (secondary N) is 1. The largest absolute Gasteiger partial charge is 0.458 e. The summed E-state index contributed by atoms with van der Waals surface area (Å²) in [5.74, 6) is 0. The number of thiocarbonyl (C=S) groups is 1. The van der Waals surface area contributed by atoms with E-state index in [1.54, 1.807) is 6.92 Å². The summed E-state index contributed by atoms with van der Waals surface area (Å²) in [6, 6.07) is 9.85. The minimum Gasteiger partial charge on any atom is -0.458 e. The first kappa shape index (κ1) is 13.0.